The Kier molecular flexibility index (Phi) is 5.34. The molecule has 144 valence electrons. The number of carbonyl (C=O) groups is 1. The van der Waals surface area contributed by atoms with E-state index in [2.05, 4.69) is 15.4 Å². The van der Waals surface area contributed by atoms with Crippen LogP contribution < -0.4 is 10.1 Å². The maximum atomic E-state index is 12.7. The molecule has 2 atom stereocenters. The highest BCUT2D eigenvalue weighted by atomic mass is 16.5. The molecule has 0 unspecified atom stereocenters. The molecule has 2 aromatic heterocycles. The molecule has 7 nitrogen and oxygen atoms in total. The third-order valence-corrected chi connectivity index (χ3v) is 4.94. The van der Waals surface area contributed by atoms with Gasteiger partial charge in [-0.25, -0.2) is 4.68 Å². The van der Waals surface area contributed by atoms with Crippen LogP contribution >= 0.6 is 0 Å². The summed E-state index contributed by atoms with van der Waals surface area (Å²) in [6.07, 6.45) is 7.68. The molecule has 4 rings (SSSR count). The van der Waals surface area contributed by atoms with Gasteiger partial charge in [0.1, 0.15) is 11.4 Å². The van der Waals surface area contributed by atoms with Gasteiger partial charge < -0.3 is 14.8 Å². The third kappa shape index (κ3) is 3.89. The van der Waals surface area contributed by atoms with Crippen LogP contribution in [-0.2, 0) is 11.2 Å². The lowest BCUT2D eigenvalue weighted by molar-refractivity contribution is 0.0925. The van der Waals surface area contributed by atoms with Gasteiger partial charge in [0, 0.05) is 24.5 Å². The number of nitrogens with zero attached hydrogens (tertiary/aromatic N) is 3. The second-order valence-corrected chi connectivity index (χ2v) is 6.78. The van der Waals surface area contributed by atoms with Gasteiger partial charge >= 0.3 is 0 Å². The number of hydrogen-bond acceptors (Lipinski definition) is 5. The smallest absolute Gasteiger partial charge is 0.254 e. The summed E-state index contributed by atoms with van der Waals surface area (Å²) in [6.45, 7) is 1.15. The molecule has 0 radical (unpaired) electrons. The lowest BCUT2D eigenvalue weighted by atomic mass is 9.95. The molecule has 3 heterocycles. The van der Waals surface area contributed by atoms with Crippen molar-refractivity contribution in [3.8, 4) is 11.4 Å². The minimum absolute atomic E-state index is 0.0322. The summed E-state index contributed by atoms with van der Waals surface area (Å²) in [5.41, 5.74) is 2.47. The second-order valence-electron chi connectivity index (χ2n) is 6.78. The molecule has 1 aliphatic rings. The quantitative estimate of drug-likeness (QED) is 0.712. The molecule has 7 heteroatoms. The van der Waals surface area contributed by atoms with Crippen molar-refractivity contribution < 1.29 is 14.3 Å². The zero-order valence-electron chi connectivity index (χ0n) is 15.6. The summed E-state index contributed by atoms with van der Waals surface area (Å²) in [7, 11) is 1.61. The van der Waals surface area contributed by atoms with Gasteiger partial charge in [0.15, 0.2) is 0 Å². The van der Waals surface area contributed by atoms with E-state index in [1.807, 2.05) is 36.4 Å². The van der Waals surface area contributed by atoms with E-state index in [9.17, 15) is 4.79 Å². The first kappa shape index (κ1) is 18.2. The van der Waals surface area contributed by atoms with Crippen molar-refractivity contribution in [3.63, 3.8) is 0 Å². The summed E-state index contributed by atoms with van der Waals surface area (Å²) < 4.78 is 12.6. The normalized spacial score (nSPS) is 18.8. The molecule has 1 aromatic carbocycles. The topological polar surface area (TPSA) is 78.3 Å². The van der Waals surface area contributed by atoms with Gasteiger partial charge in [-0.15, -0.1) is 0 Å². The Morgan fingerprint density at radius 3 is 2.89 bits per heavy atom. The summed E-state index contributed by atoms with van der Waals surface area (Å²) >= 11 is 0. The largest absolute Gasteiger partial charge is 0.494 e. The summed E-state index contributed by atoms with van der Waals surface area (Å²) in [4.78, 5) is 16.8. The number of pyridine rings is 1. The number of benzene rings is 1. The maximum Gasteiger partial charge on any atom is 0.254 e. The highest BCUT2D eigenvalue weighted by molar-refractivity contribution is 5.94. The van der Waals surface area contributed by atoms with Gasteiger partial charge in [0.25, 0.3) is 5.91 Å². The molecule has 0 bridgehead atoms. The Morgan fingerprint density at radius 1 is 1.25 bits per heavy atom. The van der Waals surface area contributed by atoms with Crippen molar-refractivity contribution in [1.82, 2.24) is 20.1 Å². The maximum absolute atomic E-state index is 12.7. The molecular formula is C21H22N4O3. The number of methoxy groups -OCH3 is 1. The number of nitrogens with one attached hydrogen (secondary N) is 1. The van der Waals surface area contributed by atoms with E-state index in [0.717, 1.165) is 12.1 Å². The minimum Gasteiger partial charge on any atom is -0.494 e. The number of carbonyl (C=O) groups excluding carboxylic acids is 1. The first-order chi connectivity index (χ1) is 13.7. The molecule has 0 aliphatic carbocycles. The number of aromatic nitrogens is 3. The average molecular weight is 378 g/mol. The number of para-hydroxylation sites is 2. The molecule has 28 heavy (non-hydrogen) atoms. The highest BCUT2D eigenvalue weighted by Crippen LogP contribution is 2.22. The summed E-state index contributed by atoms with van der Waals surface area (Å²) in [5, 5.41) is 7.41. The van der Waals surface area contributed by atoms with Crippen LogP contribution in [0.4, 0.5) is 0 Å². The predicted molar refractivity (Wildman–Crippen MR) is 104 cm³/mol. The fourth-order valence-corrected chi connectivity index (χ4v) is 3.42. The van der Waals surface area contributed by atoms with Crippen molar-refractivity contribution in [2.24, 2.45) is 5.92 Å². The highest BCUT2D eigenvalue weighted by Gasteiger charge is 2.30. The first-order valence-electron chi connectivity index (χ1n) is 9.20. The number of rotatable bonds is 6. The van der Waals surface area contributed by atoms with Gasteiger partial charge in [-0.2, -0.15) is 5.10 Å². The van der Waals surface area contributed by atoms with Crippen LogP contribution in [0.5, 0.6) is 5.75 Å². The fourth-order valence-electron chi connectivity index (χ4n) is 3.42. The van der Waals surface area contributed by atoms with Crippen LogP contribution in [0.3, 0.4) is 0 Å². The summed E-state index contributed by atoms with van der Waals surface area (Å²) in [6, 6.07) is 11.5. The van der Waals surface area contributed by atoms with Crippen LogP contribution in [0.25, 0.3) is 5.69 Å². The molecule has 1 fully saturated rings. The van der Waals surface area contributed by atoms with E-state index in [1.165, 1.54) is 5.56 Å². The zero-order valence-corrected chi connectivity index (χ0v) is 15.6. The van der Waals surface area contributed by atoms with Crippen molar-refractivity contribution in [3.05, 3.63) is 72.3 Å². The first-order valence-corrected chi connectivity index (χ1v) is 9.20. The van der Waals surface area contributed by atoms with E-state index in [4.69, 9.17) is 9.47 Å². The van der Waals surface area contributed by atoms with Gasteiger partial charge in [-0.05, 0) is 36.2 Å². The second kappa shape index (κ2) is 8.22. The van der Waals surface area contributed by atoms with Crippen molar-refractivity contribution in [2.45, 2.75) is 12.5 Å². The van der Waals surface area contributed by atoms with Crippen molar-refractivity contribution in [2.75, 3.05) is 20.3 Å². The molecule has 1 saturated heterocycles. The zero-order chi connectivity index (χ0) is 19.3. The Balaban J connectivity index is 1.44. The molecule has 1 N–H and O–H groups in total. The van der Waals surface area contributed by atoms with Crippen LogP contribution in [0.1, 0.15) is 15.9 Å². The van der Waals surface area contributed by atoms with E-state index in [0.29, 0.717) is 24.5 Å². The summed E-state index contributed by atoms with van der Waals surface area (Å²) in [5.74, 6) is 0.770. The van der Waals surface area contributed by atoms with Gasteiger partial charge in [0.2, 0.25) is 0 Å². The SMILES string of the molecule is COc1ccccc1-n1cc(C(=O)N[C@@H]2COC[C@H]2Cc2ccncc2)cn1. The lowest BCUT2D eigenvalue weighted by Crippen LogP contribution is -2.40. The number of hydrogen-bond donors (Lipinski definition) is 1. The van der Waals surface area contributed by atoms with Gasteiger partial charge in [0.05, 0.1) is 38.1 Å². The molecule has 0 saturated carbocycles. The Bertz CT molecular complexity index is 942. The van der Waals surface area contributed by atoms with Crippen molar-refractivity contribution in [1.29, 1.82) is 0 Å². The van der Waals surface area contributed by atoms with Gasteiger partial charge in [-0.1, -0.05) is 12.1 Å². The fraction of sp³-hybridized carbons (Fsp3) is 0.286. The Labute approximate surface area is 163 Å². The average Bonchev–Trinajstić information content (AvgIpc) is 3.39. The molecule has 0 spiro atoms. The third-order valence-electron chi connectivity index (χ3n) is 4.94. The van der Waals surface area contributed by atoms with E-state index >= 15 is 0 Å². The molecule has 1 amide bonds. The minimum atomic E-state index is -0.156. The van der Waals surface area contributed by atoms with Gasteiger partial charge in [-0.3, -0.25) is 9.78 Å². The Morgan fingerprint density at radius 2 is 2.07 bits per heavy atom. The lowest BCUT2D eigenvalue weighted by Gasteiger charge is -2.18. The predicted octanol–water partition coefficient (Wildman–Crippen LogP) is 2.26. The number of ether oxygens (including phenoxy) is 2. The molecule has 1 aliphatic heterocycles. The number of amides is 1. The van der Waals surface area contributed by atoms with Crippen molar-refractivity contribution >= 4 is 5.91 Å². The van der Waals surface area contributed by atoms with Crippen LogP contribution in [0, 0.1) is 5.92 Å². The van der Waals surface area contributed by atoms with Crippen LogP contribution in [0.2, 0.25) is 0 Å². The van der Waals surface area contributed by atoms with Crippen LogP contribution in [0.15, 0.2) is 61.2 Å². The van der Waals surface area contributed by atoms with E-state index < -0.39 is 0 Å². The molecular weight excluding hydrogens is 356 g/mol. The van der Waals surface area contributed by atoms with Crippen LogP contribution in [-0.4, -0.2) is 47.0 Å². The molecule has 3 aromatic rings. The van der Waals surface area contributed by atoms with E-state index in [-0.39, 0.29) is 17.9 Å². The monoisotopic (exact) mass is 378 g/mol. The Hall–Kier alpha value is -3.19. The van der Waals surface area contributed by atoms with E-state index in [1.54, 1.807) is 36.6 Å². The standard InChI is InChI=1S/C21H22N4O3/c1-27-20-5-3-2-4-19(20)25-12-17(11-23-25)21(26)24-18-14-28-13-16(18)10-15-6-8-22-9-7-15/h2-9,11-12,16,18H,10,13-14H2,1H3,(H,24,26)/t16-,18-/m1/s1.